The average Bonchev–Trinajstić information content (AvgIpc) is 3.25. The van der Waals surface area contributed by atoms with Gasteiger partial charge in [0.2, 0.25) is 16.3 Å². The standard InChI is InChI=1S/C20H26N6O5S/c1-14(27)21-17(13-32-20(29)15-4-6-16(30-3)7-5-15)19(28)22-18-12-26(23-31-18)25-10-8-24(2)9-11-25/h4-7,12,17H,8-11,13H2,1-3H3,(H-,21,22,23,27,28)/t17-/m0/s1. The van der Waals surface area contributed by atoms with E-state index in [1.54, 1.807) is 31.4 Å². The van der Waals surface area contributed by atoms with Gasteiger partial charge in [-0.2, -0.15) is 5.01 Å². The number of amides is 2. The van der Waals surface area contributed by atoms with Crippen molar-refractivity contribution in [1.82, 2.24) is 15.5 Å². The molecule has 3 rings (SSSR count). The van der Waals surface area contributed by atoms with Crippen LogP contribution in [0.1, 0.15) is 17.3 Å². The van der Waals surface area contributed by atoms with E-state index in [2.05, 4.69) is 20.8 Å². The maximum atomic E-state index is 12.7. The molecule has 1 aromatic heterocycles. The summed E-state index contributed by atoms with van der Waals surface area (Å²) in [6, 6.07) is 5.65. The fraction of sp³-hybridized carbons (Fsp3) is 0.450. The van der Waals surface area contributed by atoms with Crippen LogP contribution in [-0.2, 0) is 9.59 Å². The van der Waals surface area contributed by atoms with Crippen molar-refractivity contribution in [2.45, 2.75) is 13.0 Å². The van der Waals surface area contributed by atoms with Crippen LogP contribution in [0.4, 0.5) is 5.88 Å². The van der Waals surface area contributed by atoms with Gasteiger partial charge in [-0.25, -0.2) is 0 Å². The molecular formula is C20H26N6O5S. The van der Waals surface area contributed by atoms with Gasteiger partial charge >= 0.3 is 0 Å². The second-order valence-electron chi connectivity index (χ2n) is 7.25. The molecule has 1 aromatic carbocycles. The van der Waals surface area contributed by atoms with Crippen LogP contribution in [0.2, 0.25) is 0 Å². The zero-order valence-corrected chi connectivity index (χ0v) is 19.0. The van der Waals surface area contributed by atoms with Crippen molar-refractivity contribution < 1.29 is 28.4 Å². The van der Waals surface area contributed by atoms with E-state index in [0.29, 0.717) is 11.3 Å². The van der Waals surface area contributed by atoms with E-state index in [1.807, 2.05) is 12.1 Å². The van der Waals surface area contributed by atoms with E-state index >= 15 is 0 Å². The molecule has 1 N–H and O–H groups in total. The van der Waals surface area contributed by atoms with Gasteiger partial charge in [0.15, 0.2) is 0 Å². The number of nitrogens with one attached hydrogen (secondary N) is 1. The van der Waals surface area contributed by atoms with Gasteiger partial charge in [0.25, 0.3) is 6.20 Å². The first-order valence-corrected chi connectivity index (χ1v) is 11.0. The molecule has 0 aliphatic carbocycles. The molecule has 1 saturated heterocycles. The second-order valence-corrected chi connectivity index (χ2v) is 8.24. The highest BCUT2D eigenvalue weighted by Gasteiger charge is 2.24. The number of aromatic nitrogens is 2. The molecule has 11 nitrogen and oxygen atoms in total. The Labute approximate surface area is 190 Å². The molecule has 2 amide bonds. The summed E-state index contributed by atoms with van der Waals surface area (Å²) in [6.07, 6.45) is 1.52. The molecule has 32 heavy (non-hydrogen) atoms. The topological polar surface area (TPSA) is 123 Å². The van der Waals surface area contributed by atoms with Crippen LogP contribution in [0.5, 0.6) is 5.75 Å². The maximum absolute atomic E-state index is 12.7. The van der Waals surface area contributed by atoms with Gasteiger partial charge in [-0.15, -0.1) is 0 Å². The van der Waals surface area contributed by atoms with Crippen LogP contribution in [0.15, 0.2) is 35.0 Å². The number of hydrogen-bond acceptors (Lipinski definition) is 9. The van der Waals surface area contributed by atoms with Crippen molar-refractivity contribution in [3.05, 3.63) is 41.3 Å². The number of thioether (sulfide) groups is 1. The summed E-state index contributed by atoms with van der Waals surface area (Å²) in [5.74, 6) is -0.342. The molecule has 2 heterocycles. The normalized spacial score (nSPS) is 15.2. The SMILES string of the molecule is COc1ccc(C(=O)SC[C@H](NC(C)=O)C(=O)[N-]c2c[n+](N3CCN(C)CC3)no2)cc1. The second kappa shape index (κ2) is 11.0. The molecule has 1 aliphatic rings. The smallest absolute Gasteiger partial charge is 0.257 e. The number of methoxy groups -OCH3 is 1. The minimum atomic E-state index is -0.984. The van der Waals surface area contributed by atoms with Crippen LogP contribution in [0, 0.1) is 0 Å². The first-order valence-electron chi connectivity index (χ1n) is 10.0. The lowest BCUT2D eigenvalue weighted by atomic mass is 10.2. The van der Waals surface area contributed by atoms with Crippen LogP contribution < -0.4 is 19.9 Å². The van der Waals surface area contributed by atoms with Crippen molar-refractivity contribution in [3.63, 3.8) is 0 Å². The molecule has 12 heteroatoms. The third kappa shape index (κ3) is 6.44. The van der Waals surface area contributed by atoms with E-state index < -0.39 is 17.9 Å². The van der Waals surface area contributed by atoms with E-state index in [4.69, 9.17) is 9.26 Å². The molecular weight excluding hydrogens is 436 g/mol. The Morgan fingerprint density at radius 2 is 1.94 bits per heavy atom. The van der Waals surface area contributed by atoms with Crippen LogP contribution >= 0.6 is 11.8 Å². The molecule has 0 saturated carbocycles. The predicted octanol–water partition coefficient (Wildman–Crippen LogP) is 0.464. The summed E-state index contributed by atoms with van der Waals surface area (Å²) in [5.41, 5.74) is 0.463. The summed E-state index contributed by atoms with van der Waals surface area (Å²) in [5, 5.41) is 12.1. The Bertz CT molecular complexity index is 942. The third-order valence-corrected chi connectivity index (χ3v) is 5.81. The lowest BCUT2D eigenvalue weighted by molar-refractivity contribution is -0.759. The Kier molecular flexibility index (Phi) is 8.06. The van der Waals surface area contributed by atoms with Crippen molar-refractivity contribution >= 4 is 34.6 Å². The largest absolute Gasteiger partial charge is 0.586 e. The Morgan fingerprint density at radius 3 is 2.56 bits per heavy atom. The van der Waals surface area contributed by atoms with E-state index in [9.17, 15) is 14.4 Å². The molecule has 0 unspecified atom stereocenters. The summed E-state index contributed by atoms with van der Waals surface area (Å²) in [7, 11) is 3.59. The van der Waals surface area contributed by atoms with Gasteiger partial charge < -0.3 is 29.6 Å². The highest BCUT2D eigenvalue weighted by Crippen LogP contribution is 2.20. The minimum absolute atomic E-state index is 0.0239. The average molecular weight is 463 g/mol. The fourth-order valence-corrected chi connectivity index (χ4v) is 3.84. The number of carbonyl (C=O) groups is 3. The summed E-state index contributed by atoms with van der Waals surface area (Å²) >= 11 is 0.920. The van der Waals surface area contributed by atoms with Gasteiger partial charge in [-0.05, 0) is 31.3 Å². The van der Waals surface area contributed by atoms with Crippen LogP contribution in [0.3, 0.4) is 0 Å². The molecule has 0 spiro atoms. The highest BCUT2D eigenvalue weighted by atomic mass is 32.2. The Hall–Kier alpha value is -3.12. The maximum Gasteiger partial charge on any atom is 0.257 e. The zero-order chi connectivity index (χ0) is 23.1. The van der Waals surface area contributed by atoms with Gasteiger partial charge in [0.1, 0.15) is 11.6 Å². The molecule has 1 atom stereocenters. The monoisotopic (exact) mass is 462 g/mol. The lowest BCUT2D eigenvalue weighted by Crippen LogP contribution is -2.64. The quantitative estimate of drug-likeness (QED) is 0.558. The molecule has 1 fully saturated rings. The summed E-state index contributed by atoms with van der Waals surface area (Å²) in [6.45, 7) is 4.59. The van der Waals surface area contributed by atoms with Gasteiger partial charge in [-0.1, -0.05) is 11.8 Å². The van der Waals surface area contributed by atoms with Crippen LogP contribution in [0.25, 0.3) is 5.32 Å². The number of rotatable bonds is 8. The zero-order valence-electron chi connectivity index (χ0n) is 18.2. The first kappa shape index (κ1) is 23.5. The molecule has 0 radical (unpaired) electrons. The summed E-state index contributed by atoms with van der Waals surface area (Å²) < 4.78 is 10.2. The molecule has 1 aliphatic heterocycles. The number of likely N-dealkylation sites (N-methyl/N-ethyl adjacent to an activating group) is 1. The van der Waals surface area contributed by atoms with E-state index in [-0.39, 0.29) is 16.8 Å². The Morgan fingerprint density at radius 1 is 1.25 bits per heavy atom. The van der Waals surface area contributed by atoms with Crippen molar-refractivity contribution in [2.75, 3.05) is 51.1 Å². The van der Waals surface area contributed by atoms with Crippen molar-refractivity contribution in [3.8, 4) is 5.75 Å². The van der Waals surface area contributed by atoms with Gasteiger partial charge in [-0.3, -0.25) is 9.59 Å². The van der Waals surface area contributed by atoms with Crippen LogP contribution in [-0.4, -0.2) is 79.2 Å². The lowest BCUT2D eigenvalue weighted by Gasteiger charge is -2.26. The van der Waals surface area contributed by atoms with E-state index in [0.717, 1.165) is 37.9 Å². The predicted molar refractivity (Wildman–Crippen MR) is 118 cm³/mol. The molecule has 2 aromatic rings. The fourth-order valence-electron chi connectivity index (χ4n) is 2.99. The number of nitrogens with zero attached hydrogens (tertiary/aromatic N) is 5. The minimum Gasteiger partial charge on any atom is -0.586 e. The first-order chi connectivity index (χ1) is 15.4. The molecule has 172 valence electrons. The Balaban J connectivity index is 1.58. The summed E-state index contributed by atoms with van der Waals surface area (Å²) in [4.78, 5) is 40.4. The highest BCUT2D eigenvalue weighted by molar-refractivity contribution is 8.14. The van der Waals surface area contributed by atoms with Gasteiger partial charge in [0, 0.05) is 31.3 Å². The van der Waals surface area contributed by atoms with E-state index in [1.165, 1.54) is 17.9 Å². The number of hydrogen-bond donors (Lipinski definition) is 1. The number of piperazine rings is 1. The van der Waals surface area contributed by atoms with Crippen molar-refractivity contribution in [1.29, 1.82) is 0 Å². The third-order valence-electron chi connectivity index (χ3n) is 4.82. The number of ether oxygens (including phenoxy) is 1. The number of carbonyl (C=O) groups excluding carboxylic acids is 3. The molecule has 0 bridgehead atoms. The number of benzene rings is 1. The van der Waals surface area contributed by atoms with Crippen molar-refractivity contribution in [2.24, 2.45) is 0 Å². The van der Waals surface area contributed by atoms with Gasteiger partial charge in [0.05, 0.1) is 36.9 Å².